The minimum absolute atomic E-state index is 0.0692. The Labute approximate surface area is 175 Å². The molecule has 0 aliphatic heterocycles. The van der Waals surface area contributed by atoms with Crippen molar-refractivity contribution in [3.8, 4) is 17.1 Å². The average Bonchev–Trinajstić information content (AvgIpc) is 3.17. The predicted octanol–water partition coefficient (Wildman–Crippen LogP) is 5.18. The van der Waals surface area contributed by atoms with Crippen molar-refractivity contribution in [2.45, 2.75) is 10.9 Å². The molecular formula is C20H14ClN5O2S. The number of aromatic nitrogens is 4. The van der Waals surface area contributed by atoms with Crippen LogP contribution in [0.1, 0.15) is 5.56 Å². The molecule has 2 aromatic carbocycles. The summed E-state index contributed by atoms with van der Waals surface area (Å²) in [5, 5.41) is 21.0. The number of nitrogens with zero attached hydrogens (tertiary/aromatic N) is 5. The zero-order valence-corrected chi connectivity index (χ0v) is 16.5. The maximum atomic E-state index is 11.0. The number of halogens is 1. The van der Waals surface area contributed by atoms with Gasteiger partial charge in [0.2, 0.25) is 0 Å². The Morgan fingerprint density at radius 3 is 2.52 bits per heavy atom. The highest BCUT2D eigenvalue weighted by molar-refractivity contribution is 7.98. The summed E-state index contributed by atoms with van der Waals surface area (Å²) in [6.07, 6.45) is 3.40. The summed E-state index contributed by atoms with van der Waals surface area (Å²) in [7, 11) is 0. The Kier molecular flexibility index (Phi) is 5.55. The molecule has 29 heavy (non-hydrogen) atoms. The van der Waals surface area contributed by atoms with E-state index in [-0.39, 0.29) is 5.69 Å². The lowest BCUT2D eigenvalue weighted by atomic mass is 10.2. The van der Waals surface area contributed by atoms with Crippen molar-refractivity contribution in [3.63, 3.8) is 0 Å². The normalized spacial score (nSPS) is 10.8. The average molecular weight is 424 g/mol. The molecule has 0 aliphatic rings. The summed E-state index contributed by atoms with van der Waals surface area (Å²) >= 11 is 7.50. The van der Waals surface area contributed by atoms with Gasteiger partial charge in [-0.15, -0.1) is 10.2 Å². The number of nitro groups is 1. The number of benzene rings is 2. The number of rotatable bonds is 6. The van der Waals surface area contributed by atoms with Gasteiger partial charge in [0.15, 0.2) is 11.0 Å². The van der Waals surface area contributed by atoms with Crippen LogP contribution < -0.4 is 0 Å². The van der Waals surface area contributed by atoms with E-state index >= 15 is 0 Å². The molecule has 2 heterocycles. The lowest BCUT2D eigenvalue weighted by Gasteiger charge is -2.10. The van der Waals surface area contributed by atoms with Gasteiger partial charge in [-0.05, 0) is 42.0 Å². The summed E-state index contributed by atoms with van der Waals surface area (Å²) in [6, 6.07) is 17.7. The van der Waals surface area contributed by atoms with Gasteiger partial charge in [0.1, 0.15) is 0 Å². The first-order chi connectivity index (χ1) is 14.1. The van der Waals surface area contributed by atoms with Crippen LogP contribution in [0.5, 0.6) is 0 Å². The predicted molar refractivity (Wildman–Crippen MR) is 112 cm³/mol. The molecule has 0 fully saturated rings. The van der Waals surface area contributed by atoms with Crippen LogP contribution in [0.4, 0.5) is 5.69 Å². The van der Waals surface area contributed by atoms with Gasteiger partial charge >= 0.3 is 0 Å². The van der Waals surface area contributed by atoms with Crippen molar-refractivity contribution in [1.29, 1.82) is 0 Å². The van der Waals surface area contributed by atoms with Crippen LogP contribution in [0.2, 0.25) is 5.02 Å². The number of hydrogen-bond donors (Lipinski definition) is 0. The number of pyridine rings is 1. The van der Waals surface area contributed by atoms with Gasteiger partial charge < -0.3 is 0 Å². The maximum Gasteiger partial charge on any atom is 0.269 e. The molecule has 0 saturated carbocycles. The lowest BCUT2D eigenvalue weighted by Crippen LogP contribution is -2.00. The third-order valence-electron chi connectivity index (χ3n) is 4.15. The number of non-ortho nitro benzene ring substituents is 1. The summed E-state index contributed by atoms with van der Waals surface area (Å²) in [5.74, 6) is 1.19. The molecule has 144 valence electrons. The van der Waals surface area contributed by atoms with Gasteiger partial charge in [-0.2, -0.15) is 0 Å². The fourth-order valence-electron chi connectivity index (χ4n) is 2.78. The molecule has 0 amide bonds. The molecule has 0 saturated heterocycles. The first kappa shape index (κ1) is 19.1. The number of hydrogen-bond acceptors (Lipinski definition) is 6. The minimum atomic E-state index is -0.397. The third kappa shape index (κ3) is 4.28. The summed E-state index contributed by atoms with van der Waals surface area (Å²) in [6.45, 7) is 0. The Bertz CT molecular complexity index is 1150. The molecule has 0 radical (unpaired) electrons. The first-order valence-corrected chi connectivity index (χ1v) is 9.96. The van der Waals surface area contributed by atoms with E-state index in [1.165, 1.54) is 17.8 Å². The molecule has 7 nitrogen and oxygen atoms in total. The Hall–Kier alpha value is -3.23. The Balaban J connectivity index is 1.70. The molecule has 0 spiro atoms. The smallest absolute Gasteiger partial charge is 0.269 e. The van der Waals surface area contributed by atoms with Crippen LogP contribution in [-0.2, 0) is 5.75 Å². The second kappa shape index (κ2) is 8.42. The van der Waals surface area contributed by atoms with E-state index in [2.05, 4.69) is 15.2 Å². The second-order valence-corrected chi connectivity index (χ2v) is 7.45. The SMILES string of the molecule is O=[N+]([O-])c1cccc(CSc2nnc(-c3ccncc3)n2-c2ccc(Cl)cc2)c1. The van der Waals surface area contributed by atoms with Crippen molar-refractivity contribution in [2.24, 2.45) is 0 Å². The minimum Gasteiger partial charge on any atom is -0.270 e. The Morgan fingerprint density at radius 2 is 1.79 bits per heavy atom. The van der Waals surface area contributed by atoms with E-state index in [4.69, 9.17) is 11.6 Å². The molecule has 4 rings (SSSR count). The van der Waals surface area contributed by atoms with E-state index in [9.17, 15) is 10.1 Å². The molecule has 0 atom stereocenters. The van der Waals surface area contributed by atoms with Gasteiger partial charge in [0.05, 0.1) is 4.92 Å². The summed E-state index contributed by atoms with van der Waals surface area (Å²) < 4.78 is 1.94. The third-order valence-corrected chi connectivity index (χ3v) is 5.40. The zero-order valence-electron chi connectivity index (χ0n) is 15.0. The molecule has 0 aliphatic carbocycles. The molecule has 0 bridgehead atoms. The van der Waals surface area contributed by atoms with Gasteiger partial charge in [0, 0.05) is 46.6 Å². The van der Waals surface area contributed by atoms with Gasteiger partial charge in [-0.25, -0.2) is 0 Å². The highest BCUT2D eigenvalue weighted by atomic mass is 35.5. The molecule has 0 N–H and O–H groups in total. The summed E-state index contributed by atoms with van der Waals surface area (Å²) in [5.41, 5.74) is 2.65. The highest BCUT2D eigenvalue weighted by Gasteiger charge is 2.17. The fourth-order valence-corrected chi connectivity index (χ4v) is 3.80. The number of nitro benzene ring substituents is 1. The van der Waals surface area contributed by atoms with Crippen LogP contribution >= 0.6 is 23.4 Å². The van der Waals surface area contributed by atoms with E-state index in [1.54, 1.807) is 24.5 Å². The topological polar surface area (TPSA) is 86.7 Å². The van der Waals surface area contributed by atoms with Crippen molar-refractivity contribution >= 4 is 29.1 Å². The second-order valence-electron chi connectivity index (χ2n) is 6.07. The monoisotopic (exact) mass is 423 g/mol. The molecule has 2 aromatic heterocycles. The van der Waals surface area contributed by atoms with Gasteiger partial charge in [-0.1, -0.05) is 35.5 Å². The molecular weight excluding hydrogens is 410 g/mol. The van der Waals surface area contributed by atoms with E-state index in [0.29, 0.717) is 21.8 Å². The van der Waals surface area contributed by atoms with Gasteiger partial charge in [-0.3, -0.25) is 19.7 Å². The van der Waals surface area contributed by atoms with Crippen LogP contribution in [0.3, 0.4) is 0 Å². The van der Waals surface area contributed by atoms with Crippen molar-refractivity contribution < 1.29 is 4.92 Å². The molecule has 0 unspecified atom stereocenters. The Morgan fingerprint density at radius 1 is 1.03 bits per heavy atom. The molecule has 9 heteroatoms. The zero-order chi connectivity index (χ0) is 20.2. The van der Waals surface area contributed by atoms with Crippen molar-refractivity contribution in [2.75, 3.05) is 0 Å². The summed E-state index contributed by atoms with van der Waals surface area (Å²) in [4.78, 5) is 14.7. The van der Waals surface area contributed by atoms with E-state index in [0.717, 1.165) is 16.8 Å². The highest BCUT2D eigenvalue weighted by Crippen LogP contribution is 2.30. The van der Waals surface area contributed by atoms with Gasteiger partial charge in [0.25, 0.3) is 5.69 Å². The van der Waals surface area contributed by atoms with Crippen molar-refractivity contribution in [3.05, 3.63) is 93.8 Å². The standard InChI is InChI=1S/C20H14ClN5O2S/c21-16-4-6-17(7-5-16)25-19(15-8-10-22-11-9-15)23-24-20(25)29-13-14-2-1-3-18(12-14)26(27)28/h1-12H,13H2. The fraction of sp³-hybridized carbons (Fsp3) is 0.0500. The van der Waals surface area contributed by atoms with Crippen LogP contribution in [0, 0.1) is 10.1 Å². The van der Waals surface area contributed by atoms with Crippen LogP contribution in [0.15, 0.2) is 78.2 Å². The lowest BCUT2D eigenvalue weighted by molar-refractivity contribution is -0.384. The van der Waals surface area contributed by atoms with Crippen LogP contribution in [-0.4, -0.2) is 24.7 Å². The first-order valence-electron chi connectivity index (χ1n) is 8.60. The van der Waals surface area contributed by atoms with E-state index < -0.39 is 4.92 Å². The quantitative estimate of drug-likeness (QED) is 0.241. The maximum absolute atomic E-state index is 11.0. The van der Waals surface area contributed by atoms with Crippen LogP contribution in [0.25, 0.3) is 17.1 Å². The molecule has 4 aromatic rings. The van der Waals surface area contributed by atoms with Crippen molar-refractivity contribution in [1.82, 2.24) is 19.7 Å². The largest absolute Gasteiger partial charge is 0.270 e. The number of thioether (sulfide) groups is 1. The van der Waals surface area contributed by atoms with E-state index in [1.807, 2.05) is 47.0 Å².